The Bertz CT molecular complexity index is 742. The van der Waals surface area contributed by atoms with Crippen LogP contribution in [0, 0.1) is 0 Å². The molecular weight excluding hydrogens is 324 g/mol. The van der Waals surface area contributed by atoms with Gasteiger partial charge in [0.2, 0.25) is 0 Å². The number of hydrogen-bond donors (Lipinski definition) is 1. The quantitative estimate of drug-likeness (QED) is 0.826. The zero-order chi connectivity index (χ0) is 18.6. The molecule has 1 aromatic carbocycles. The lowest BCUT2D eigenvalue weighted by Gasteiger charge is -2.18. The van der Waals surface area contributed by atoms with E-state index in [4.69, 9.17) is 14.2 Å². The molecule has 1 N–H and O–H groups in total. The van der Waals surface area contributed by atoms with Gasteiger partial charge in [0, 0.05) is 18.2 Å². The molecule has 0 aliphatic heterocycles. The maximum Gasteiger partial charge on any atom is 0.255 e. The van der Waals surface area contributed by atoms with Crippen LogP contribution < -0.4 is 19.5 Å². The van der Waals surface area contributed by atoms with Crippen LogP contribution in [-0.4, -0.2) is 42.0 Å². The van der Waals surface area contributed by atoms with Gasteiger partial charge in [0.15, 0.2) is 17.3 Å². The minimum Gasteiger partial charge on any atom is -0.496 e. The number of nitrogens with zero attached hydrogens (tertiary/aromatic N) is 3. The highest BCUT2D eigenvalue weighted by atomic mass is 16.5. The summed E-state index contributed by atoms with van der Waals surface area (Å²) in [5.41, 5.74) is 0.350. The van der Waals surface area contributed by atoms with Crippen LogP contribution in [0.5, 0.6) is 17.2 Å². The van der Waals surface area contributed by atoms with Crippen molar-refractivity contribution < 1.29 is 19.0 Å². The zero-order valence-corrected chi connectivity index (χ0v) is 15.4. The molecule has 0 saturated heterocycles. The number of nitrogens with one attached hydrogen (secondary N) is 1. The molecule has 0 saturated carbocycles. The average Bonchev–Trinajstić information content (AvgIpc) is 3.10. The fraction of sp³-hybridized carbons (Fsp3) is 0.471. The van der Waals surface area contributed by atoms with Crippen LogP contribution in [0.25, 0.3) is 0 Å². The maximum absolute atomic E-state index is 12.7. The number of aromatic nitrogens is 3. The predicted molar refractivity (Wildman–Crippen MR) is 92.4 cm³/mol. The first kappa shape index (κ1) is 18.6. The van der Waals surface area contributed by atoms with Crippen molar-refractivity contribution in [3.05, 3.63) is 29.8 Å². The molecule has 1 atom stereocenters. The van der Waals surface area contributed by atoms with Crippen LogP contribution in [0.4, 0.5) is 0 Å². The van der Waals surface area contributed by atoms with Crippen molar-refractivity contribution in [1.29, 1.82) is 0 Å². The largest absolute Gasteiger partial charge is 0.496 e. The minimum atomic E-state index is -0.324. The van der Waals surface area contributed by atoms with Gasteiger partial charge in [-0.1, -0.05) is 0 Å². The molecule has 0 bridgehead atoms. The summed E-state index contributed by atoms with van der Waals surface area (Å²) in [6.45, 7) is 5.91. The zero-order valence-electron chi connectivity index (χ0n) is 15.4. The summed E-state index contributed by atoms with van der Waals surface area (Å²) in [5, 5.41) is 11.0. The number of amides is 1. The second-order valence-corrected chi connectivity index (χ2v) is 5.79. The van der Waals surface area contributed by atoms with E-state index < -0.39 is 0 Å². The van der Waals surface area contributed by atoms with Crippen molar-refractivity contribution in [3.63, 3.8) is 0 Å². The second kappa shape index (κ2) is 7.87. The minimum absolute atomic E-state index is 0.194. The molecule has 0 spiro atoms. The van der Waals surface area contributed by atoms with Crippen molar-refractivity contribution in [2.24, 2.45) is 0 Å². The van der Waals surface area contributed by atoms with E-state index in [-0.39, 0.29) is 18.0 Å². The number of carbonyl (C=O) groups is 1. The standard InChI is InChI=1S/C17H24N4O4/c1-10(2)21-9-18-20-16(21)11(3)19-17(22)12-7-14(24-5)15(25-6)8-13(12)23-4/h7-11H,1-6H3,(H,19,22)/t11-/m0/s1. The third-order valence-corrected chi connectivity index (χ3v) is 3.84. The van der Waals surface area contributed by atoms with Gasteiger partial charge >= 0.3 is 0 Å². The lowest BCUT2D eigenvalue weighted by Crippen LogP contribution is -2.29. The molecule has 0 fully saturated rings. The number of ether oxygens (including phenoxy) is 3. The van der Waals surface area contributed by atoms with Crippen molar-refractivity contribution in [2.45, 2.75) is 32.9 Å². The Morgan fingerprint density at radius 2 is 1.64 bits per heavy atom. The summed E-state index contributed by atoms with van der Waals surface area (Å²) in [4.78, 5) is 12.7. The molecule has 0 unspecified atom stereocenters. The van der Waals surface area contributed by atoms with E-state index in [0.29, 0.717) is 28.6 Å². The summed E-state index contributed by atoms with van der Waals surface area (Å²) >= 11 is 0. The molecule has 8 heteroatoms. The second-order valence-electron chi connectivity index (χ2n) is 5.79. The van der Waals surface area contributed by atoms with Gasteiger partial charge in [-0.3, -0.25) is 4.79 Å². The van der Waals surface area contributed by atoms with E-state index >= 15 is 0 Å². The molecule has 2 aromatic rings. The first-order valence-electron chi connectivity index (χ1n) is 7.93. The number of hydrogen-bond acceptors (Lipinski definition) is 6. The predicted octanol–water partition coefficient (Wildman–Crippen LogP) is 2.38. The van der Waals surface area contributed by atoms with Crippen molar-refractivity contribution in [2.75, 3.05) is 21.3 Å². The van der Waals surface area contributed by atoms with Crippen LogP contribution in [0.3, 0.4) is 0 Å². The van der Waals surface area contributed by atoms with E-state index in [9.17, 15) is 4.79 Å². The molecule has 0 aliphatic carbocycles. The Morgan fingerprint density at radius 1 is 1.04 bits per heavy atom. The number of rotatable bonds is 7. The maximum atomic E-state index is 12.7. The van der Waals surface area contributed by atoms with E-state index in [2.05, 4.69) is 15.5 Å². The fourth-order valence-electron chi connectivity index (χ4n) is 2.51. The lowest BCUT2D eigenvalue weighted by molar-refractivity contribution is 0.0933. The Balaban J connectivity index is 2.29. The molecule has 136 valence electrons. The molecule has 2 rings (SSSR count). The Labute approximate surface area is 147 Å². The van der Waals surface area contributed by atoms with Gasteiger partial charge in [0.1, 0.15) is 12.1 Å². The normalized spacial score (nSPS) is 12.0. The van der Waals surface area contributed by atoms with Crippen molar-refractivity contribution >= 4 is 5.91 Å². The van der Waals surface area contributed by atoms with E-state index in [0.717, 1.165) is 0 Å². The summed E-state index contributed by atoms with van der Waals surface area (Å²) < 4.78 is 17.7. The lowest BCUT2D eigenvalue weighted by atomic mass is 10.1. The third kappa shape index (κ3) is 3.84. The van der Waals surface area contributed by atoms with E-state index in [1.807, 2.05) is 25.3 Å². The first-order chi connectivity index (χ1) is 11.9. The summed E-state index contributed by atoms with van der Waals surface area (Å²) in [6.07, 6.45) is 1.65. The Hall–Kier alpha value is -2.77. The van der Waals surface area contributed by atoms with Crippen molar-refractivity contribution in [1.82, 2.24) is 20.1 Å². The smallest absolute Gasteiger partial charge is 0.255 e. The highest BCUT2D eigenvalue weighted by Crippen LogP contribution is 2.34. The summed E-state index contributed by atoms with van der Waals surface area (Å²) in [6, 6.07) is 3.08. The number of carbonyl (C=O) groups excluding carboxylic acids is 1. The van der Waals surface area contributed by atoms with Crippen LogP contribution in [-0.2, 0) is 0 Å². The highest BCUT2D eigenvalue weighted by Gasteiger charge is 2.22. The Morgan fingerprint density at radius 3 is 2.20 bits per heavy atom. The molecule has 0 radical (unpaired) electrons. The SMILES string of the molecule is COc1cc(OC)c(C(=O)N[C@@H](C)c2nncn2C(C)C)cc1OC. The molecule has 1 amide bonds. The molecule has 1 heterocycles. The molecule has 0 aliphatic rings. The summed E-state index contributed by atoms with van der Waals surface area (Å²) in [5.74, 6) is 1.72. The van der Waals surface area contributed by atoms with Crippen molar-refractivity contribution in [3.8, 4) is 17.2 Å². The first-order valence-corrected chi connectivity index (χ1v) is 7.93. The number of methoxy groups -OCH3 is 3. The van der Waals surface area contributed by atoms with Gasteiger partial charge in [0.05, 0.1) is 32.9 Å². The molecule has 25 heavy (non-hydrogen) atoms. The molecule has 8 nitrogen and oxygen atoms in total. The van der Waals surface area contributed by atoms with Crippen LogP contribution >= 0.6 is 0 Å². The summed E-state index contributed by atoms with van der Waals surface area (Å²) in [7, 11) is 4.54. The Kier molecular flexibility index (Phi) is 5.84. The van der Waals surface area contributed by atoms with Gasteiger partial charge in [-0.15, -0.1) is 10.2 Å². The molecule has 1 aromatic heterocycles. The number of benzene rings is 1. The van der Waals surface area contributed by atoms with Gasteiger partial charge in [-0.05, 0) is 20.8 Å². The van der Waals surface area contributed by atoms with E-state index in [1.54, 1.807) is 18.5 Å². The highest BCUT2D eigenvalue weighted by molar-refractivity contribution is 5.98. The van der Waals surface area contributed by atoms with Gasteiger partial charge < -0.3 is 24.1 Å². The topological polar surface area (TPSA) is 87.5 Å². The van der Waals surface area contributed by atoms with Crippen LogP contribution in [0.1, 0.15) is 49.0 Å². The van der Waals surface area contributed by atoms with Crippen LogP contribution in [0.15, 0.2) is 18.5 Å². The van der Waals surface area contributed by atoms with Gasteiger partial charge in [-0.25, -0.2) is 0 Å². The third-order valence-electron chi connectivity index (χ3n) is 3.84. The average molecular weight is 348 g/mol. The fourth-order valence-corrected chi connectivity index (χ4v) is 2.51. The van der Waals surface area contributed by atoms with Gasteiger partial charge in [-0.2, -0.15) is 0 Å². The van der Waals surface area contributed by atoms with Crippen LogP contribution in [0.2, 0.25) is 0 Å². The van der Waals surface area contributed by atoms with E-state index in [1.165, 1.54) is 21.3 Å². The monoisotopic (exact) mass is 348 g/mol. The molecular formula is C17H24N4O4. The van der Waals surface area contributed by atoms with Gasteiger partial charge in [0.25, 0.3) is 5.91 Å².